The first-order valence-corrected chi connectivity index (χ1v) is 13.2. The summed E-state index contributed by atoms with van der Waals surface area (Å²) in [5.74, 6) is -1.09. The second-order valence-corrected chi connectivity index (χ2v) is 10.7. The van der Waals surface area contributed by atoms with E-state index in [0.29, 0.717) is 17.9 Å². The van der Waals surface area contributed by atoms with Crippen molar-refractivity contribution in [2.24, 2.45) is 0 Å². The third kappa shape index (κ3) is 4.56. The van der Waals surface area contributed by atoms with Crippen molar-refractivity contribution in [3.05, 3.63) is 59.7 Å². The Balaban J connectivity index is 1.13. The van der Waals surface area contributed by atoms with Crippen molar-refractivity contribution < 1.29 is 22.0 Å². The molecule has 0 amide bonds. The Morgan fingerprint density at radius 3 is 2.48 bits per heavy atom. The quantitative estimate of drug-likeness (QED) is 0.339. The maximum absolute atomic E-state index is 15.0. The van der Waals surface area contributed by atoms with Gasteiger partial charge in [-0.1, -0.05) is 6.07 Å². The Morgan fingerprint density at radius 2 is 1.75 bits per heavy atom. The molecule has 6 heterocycles. The van der Waals surface area contributed by atoms with Crippen LogP contribution in [0.15, 0.2) is 36.7 Å². The molecule has 1 aromatic carbocycles. The van der Waals surface area contributed by atoms with E-state index in [-0.39, 0.29) is 46.9 Å². The summed E-state index contributed by atoms with van der Waals surface area (Å²) in [4.78, 5) is 19.1. The van der Waals surface area contributed by atoms with Gasteiger partial charge in [-0.2, -0.15) is 13.2 Å². The van der Waals surface area contributed by atoms with Crippen molar-refractivity contribution in [3.8, 4) is 11.3 Å². The number of piperazine rings is 1. The molecular formula is C27H25F5N8. The Bertz CT molecular complexity index is 1570. The van der Waals surface area contributed by atoms with E-state index in [1.165, 1.54) is 18.9 Å². The highest BCUT2D eigenvalue weighted by atomic mass is 19.4. The standard InChI is InChI=1S/C27H25F5N8/c28-18-7-15(8-20-25(18)37-23-6-4-21(40(20)23)27(30,31)32)24-19(29)10-34-26(38-24)36-22-5-1-14(9-33-22)11-39-12-16-2-3-17(13-39)35-16/h1,5,7-10,16-17,21,35H,2-4,6,11-13H2,(H,33,34,36,38)/t16?,17?,21-/m0/s1. The zero-order valence-electron chi connectivity index (χ0n) is 21.2. The molecule has 2 N–H and O–H groups in total. The van der Waals surface area contributed by atoms with E-state index in [0.717, 1.165) is 42.0 Å². The lowest BCUT2D eigenvalue weighted by atomic mass is 10.1. The summed E-state index contributed by atoms with van der Waals surface area (Å²) in [5.41, 5.74) is 0.560. The largest absolute Gasteiger partial charge is 0.409 e. The van der Waals surface area contributed by atoms with Crippen molar-refractivity contribution in [3.63, 3.8) is 0 Å². The monoisotopic (exact) mass is 556 g/mol. The van der Waals surface area contributed by atoms with Crippen LogP contribution in [-0.2, 0) is 13.0 Å². The average Bonchev–Trinajstić information content (AvgIpc) is 3.60. The molecule has 8 nitrogen and oxygen atoms in total. The van der Waals surface area contributed by atoms with Gasteiger partial charge in [0.1, 0.15) is 28.9 Å². The van der Waals surface area contributed by atoms with Crippen LogP contribution in [0.3, 0.4) is 0 Å². The molecule has 0 aliphatic carbocycles. The summed E-state index contributed by atoms with van der Waals surface area (Å²) < 4.78 is 71.7. The topological polar surface area (TPSA) is 83.8 Å². The number of likely N-dealkylation sites (tertiary alicyclic amines) is 1. The highest BCUT2D eigenvalue weighted by Crippen LogP contribution is 2.42. The summed E-state index contributed by atoms with van der Waals surface area (Å²) in [6.45, 7) is 2.81. The molecule has 2 bridgehead atoms. The van der Waals surface area contributed by atoms with Gasteiger partial charge < -0.3 is 15.2 Å². The van der Waals surface area contributed by atoms with Gasteiger partial charge in [0, 0.05) is 49.9 Å². The molecule has 0 saturated carbocycles. The number of hydrogen-bond acceptors (Lipinski definition) is 7. The summed E-state index contributed by atoms with van der Waals surface area (Å²) in [6, 6.07) is 5.33. The van der Waals surface area contributed by atoms with Gasteiger partial charge in [-0.05, 0) is 43.0 Å². The molecule has 3 aliphatic heterocycles. The van der Waals surface area contributed by atoms with Crippen molar-refractivity contribution in [2.45, 2.75) is 56.5 Å². The van der Waals surface area contributed by atoms with Gasteiger partial charge in [-0.25, -0.2) is 28.7 Å². The van der Waals surface area contributed by atoms with Crippen molar-refractivity contribution in [2.75, 3.05) is 18.4 Å². The molecule has 2 saturated heterocycles. The summed E-state index contributed by atoms with van der Waals surface area (Å²) in [6.07, 6.45) is 0.492. The lowest BCUT2D eigenvalue weighted by Gasteiger charge is -2.32. The molecule has 208 valence electrons. The van der Waals surface area contributed by atoms with Gasteiger partial charge in [-0.15, -0.1) is 0 Å². The molecule has 0 spiro atoms. The molecular weight excluding hydrogens is 531 g/mol. The predicted octanol–water partition coefficient (Wildman–Crippen LogP) is 4.90. The second kappa shape index (κ2) is 9.44. The number of imidazole rings is 1. The highest BCUT2D eigenvalue weighted by molar-refractivity contribution is 5.83. The van der Waals surface area contributed by atoms with Gasteiger partial charge in [-0.3, -0.25) is 4.90 Å². The van der Waals surface area contributed by atoms with Crippen LogP contribution in [0.2, 0.25) is 0 Å². The minimum Gasteiger partial charge on any atom is -0.316 e. The Hall–Kier alpha value is -3.71. The first-order valence-electron chi connectivity index (χ1n) is 13.2. The number of alkyl halides is 3. The third-order valence-electron chi connectivity index (χ3n) is 7.93. The van der Waals surface area contributed by atoms with Crippen LogP contribution in [0.25, 0.3) is 22.3 Å². The van der Waals surface area contributed by atoms with Crippen LogP contribution in [-0.4, -0.2) is 60.8 Å². The predicted molar refractivity (Wildman–Crippen MR) is 137 cm³/mol. The van der Waals surface area contributed by atoms with Crippen LogP contribution in [0.5, 0.6) is 0 Å². The van der Waals surface area contributed by atoms with E-state index in [9.17, 15) is 22.0 Å². The zero-order chi connectivity index (χ0) is 27.6. The van der Waals surface area contributed by atoms with E-state index >= 15 is 0 Å². The van der Waals surface area contributed by atoms with Crippen molar-refractivity contribution in [1.82, 2.24) is 34.7 Å². The average molecular weight is 557 g/mol. The number of rotatable bonds is 5. The maximum atomic E-state index is 15.0. The van der Waals surface area contributed by atoms with E-state index in [2.05, 4.69) is 35.5 Å². The molecule has 3 atom stereocenters. The van der Waals surface area contributed by atoms with Crippen LogP contribution in [0, 0.1) is 11.6 Å². The number of fused-ring (bicyclic) bond motifs is 5. The molecule has 4 aromatic rings. The van der Waals surface area contributed by atoms with E-state index in [1.54, 1.807) is 12.3 Å². The number of nitrogens with one attached hydrogen (secondary N) is 2. The molecule has 2 unspecified atom stereocenters. The fourth-order valence-electron chi connectivity index (χ4n) is 6.18. The molecule has 40 heavy (non-hydrogen) atoms. The lowest BCUT2D eigenvalue weighted by molar-refractivity contribution is -0.164. The van der Waals surface area contributed by atoms with Gasteiger partial charge in [0.15, 0.2) is 11.6 Å². The minimum atomic E-state index is -4.52. The number of benzene rings is 1. The third-order valence-corrected chi connectivity index (χ3v) is 7.93. The van der Waals surface area contributed by atoms with Gasteiger partial charge in [0.05, 0.1) is 11.7 Å². The normalized spacial score (nSPS) is 22.7. The number of aryl methyl sites for hydroxylation is 1. The molecule has 7 rings (SSSR count). The fraction of sp³-hybridized carbons (Fsp3) is 0.407. The van der Waals surface area contributed by atoms with E-state index in [1.807, 2.05) is 6.07 Å². The first-order chi connectivity index (χ1) is 19.2. The van der Waals surface area contributed by atoms with Crippen molar-refractivity contribution in [1.29, 1.82) is 0 Å². The molecule has 3 aromatic heterocycles. The van der Waals surface area contributed by atoms with Crippen LogP contribution in [0.1, 0.15) is 36.7 Å². The maximum Gasteiger partial charge on any atom is 0.409 e. The molecule has 13 heteroatoms. The van der Waals surface area contributed by atoms with Crippen LogP contribution < -0.4 is 10.6 Å². The Morgan fingerprint density at radius 1 is 0.950 bits per heavy atom. The summed E-state index contributed by atoms with van der Waals surface area (Å²) >= 11 is 0. The van der Waals surface area contributed by atoms with Gasteiger partial charge >= 0.3 is 6.18 Å². The zero-order valence-corrected chi connectivity index (χ0v) is 21.2. The van der Waals surface area contributed by atoms with Gasteiger partial charge in [0.25, 0.3) is 0 Å². The summed E-state index contributed by atoms with van der Waals surface area (Å²) in [5, 5.41) is 6.54. The number of aromatic nitrogens is 5. The Labute approximate surface area is 225 Å². The molecule has 2 fully saturated rings. The molecule has 3 aliphatic rings. The number of halogens is 5. The summed E-state index contributed by atoms with van der Waals surface area (Å²) in [7, 11) is 0. The minimum absolute atomic E-state index is 0.0162. The second-order valence-electron chi connectivity index (χ2n) is 10.7. The SMILES string of the molecule is Fc1cnc(Nc2ccc(CN3CC4CCC(C3)N4)cn2)nc1-c1cc(F)c2nc3n(c2c1)[C@H](C(F)(F)F)CC3. The first kappa shape index (κ1) is 25.3. The van der Waals surface area contributed by atoms with E-state index in [4.69, 9.17) is 0 Å². The fourth-order valence-corrected chi connectivity index (χ4v) is 6.18. The number of pyridine rings is 1. The number of nitrogens with zero attached hydrogens (tertiary/aromatic N) is 6. The smallest absolute Gasteiger partial charge is 0.316 e. The lowest BCUT2D eigenvalue weighted by Crippen LogP contribution is -2.50. The van der Waals surface area contributed by atoms with Crippen molar-refractivity contribution >= 4 is 22.8 Å². The Kier molecular flexibility index (Phi) is 5.97. The molecule has 0 radical (unpaired) electrons. The number of hydrogen-bond donors (Lipinski definition) is 2. The van der Waals surface area contributed by atoms with Crippen LogP contribution in [0.4, 0.5) is 33.7 Å². The van der Waals surface area contributed by atoms with E-state index < -0.39 is 23.9 Å². The number of anilines is 2. The van der Waals surface area contributed by atoms with Gasteiger partial charge in [0.2, 0.25) is 5.95 Å². The highest BCUT2D eigenvalue weighted by Gasteiger charge is 2.45. The van der Waals surface area contributed by atoms with Crippen LogP contribution >= 0.6 is 0 Å².